The molecule has 0 fully saturated rings. The van der Waals surface area contributed by atoms with E-state index in [4.69, 9.17) is 28.9 Å². The Morgan fingerprint density at radius 3 is 2.81 bits per heavy atom. The van der Waals surface area contributed by atoms with Gasteiger partial charge in [0.15, 0.2) is 0 Å². The molecule has 0 atom stereocenters. The lowest BCUT2D eigenvalue weighted by molar-refractivity contribution is -0.383. The normalized spacial score (nSPS) is 10.8. The lowest BCUT2D eigenvalue weighted by Crippen LogP contribution is -2.04. The van der Waals surface area contributed by atoms with Crippen LogP contribution in [0.2, 0.25) is 10.0 Å². The Hall–Kier alpha value is -2.45. The lowest BCUT2D eigenvalue weighted by Gasteiger charge is -2.02. The van der Waals surface area contributed by atoms with Gasteiger partial charge >= 0.3 is 5.69 Å². The highest BCUT2D eigenvalue weighted by atomic mass is 35.5. The lowest BCUT2D eigenvalue weighted by atomic mass is 10.2. The van der Waals surface area contributed by atoms with E-state index < -0.39 is 10.6 Å². The molecule has 0 aliphatic rings. The van der Waals surface area contributed by atoms with Crippen molar-refractivity contribution in [3.05, 3.63) is 50.2 Å². The fourth-order valence-electron chi connectivity index (χ4n) is 1.42. The van der Waals surface area contributed by atoms with Crippen molar-refractivity contribution in [3.63, 3.8) is 0 Å². The van der Waals surface area contributed by atoms with Crippen LogP contribution in [0, 0.1) is 10.1 Å². The largest absolute Gasteiger partial charge is 0.378 e. The summed E-state index contributed by atoms with van der Waals surface area (Å²) in [5.74, 6) is -0.369. The molecule has 0 bridgehead atoms. The summed E-state index contributed by atoms with van der Waals surface area (Å²) in [6, 6.07) is 4.84. The van der Waals surface area contributed by atoms with E-state index in [2.05, 4.69) is 20.5 Å². The standard InChI is InChI=1S/C11H8Cl2N6O2/c12-7-2-1-6(8(13)3-7)4-17-18-11-9(19(20)21)10(14)15-5-16-11/h1-5H,(H3,14,15,16,18)/b17-4+. The third-order valence-corrected chi connectivity index (χ3v) is 2.93. The zero-order valence-corrected chi connectivity index (χ0v) is 11.8. The molecule has 2 aromatic rings. The van der Waals surface area contributed by atoms with Crippen molar-refractivity contribution in [1.29, 1.82) is 0 Å². The third kappa shape index (κ3) is 3.56. The molecule has 0 amide bonds. The summed E-state index contributed by atoms with van der Waals surface area (Å²) in [5, 5.41) is 15.6. The number of benzene rings is 1. The van der Waals surface area contributed by atoms with E-state index in [1.54, 1.807) is 18.2 Å². The van der Waals surface area contributed by atoms with E-state index in [9.17, 15) is 10.1 Å². The van der Waals surface area contributed by atoms with Gasteiger partial charge in [-0.3, -0.25) is 15.5 Å². The minimum Gasteiger partial charge on any atom is -0.378 e. The summed E-state index contributed by atoms with van der Waals surface area (Å²) < 4.78 is 0. The molecule has 1 aromatic heterocycles. The number of anilines is 2. The molecule has 0 aliphatic carbocycles. The van der Waals surface area contributed by atoms with Gasteiger partial charge in [0.2, 0.25) is 11.6 Å². The molecule has 0 unspecified atom stereocenters. The van der Waals surface area contributed by atoms with Gasteiger partial charge in [0.25, 0.3) is 0 Å². The smallest absolute Gasteiger partial charge is 0.354 e. The fourth-order valence-corrected chi connectivity index (χ4v) is 1.88. The second-order valence-corrected chi connectivity index (χ2v) is 4.59. The third-order valence-electron chi connectivity index (χ3n) is 2.37. The molecule has 3 N–H and O–H groups in total. The highest BCUT2D eigenvalue weighted by Gasteiger charge is 2.20. The molecular formula is C11H8Cl2N6O2. The number of nitrogens with two attached hydrogens (primary N) is 1. The predicted octanol–water partition coefficient (Wildman–Crippen LogP) is 2.72. The fraction of sp³-hybridized carbons (Fsp3) is 0. The number of halogens is 2. The number of aromatic nitrogens is 2. The van der Waals surface area contributed by atoms with Crippen molar-refractivity contribution < 1.29 is 4.92 Å². The summed E-state index contributed by atoms with van der Waals surface area (Å²) in [5.41, 5.74) is 7.99. The van der Waals surface area contributed by atoms with Gasteiger partial charge in [0.05, 0.1) is 16.2 Å². The van der Waals surface area contributed by atoms with Gasteiger partial charge in [-0.05, 0) is 12.1 Å². The van der Waals surface area contributed by atoms with E-state index in [1.807, 2.05) is 0 Å². The topological polar surface area (TPSA) is 119 Å². The summed E-state index contributed by atoms with van der Waals surface area (Å²) in [7, 11) is 0. The number of nitrogens with zero attached hydrogens (tertiary/aromatic N) is 4. The highest BCUT2D eigenvalue weighted by molar-refractivity contribution is 6.36. The van der Waals surface area contributed by atoms with Gasteiger partial charge in [0, 0.05) is 10.6 Å². The molecule has 0 radical (unpaired) electrons. The number of hydrazone groups is 1. The van der Waals surface area contributed by atoms with Crippen molar-refractivity contribution >= 4 is 46.7 Å². The Morgan fingerprint density at radius 1 is 1.38 bits per heavy atom. The van der Waals surface area contributed by atoms with Crippen molar-refractivity contribution in [1.82, 2.24) is 9.97 Å². The summed E-state index contributed by atoms with van der Waals surface area (Å²) >= 11 is 11.7. The molecule has 8 nitrogen and oxygen atoms in total. The molecule has 2 rings (SSSR count). The maximum atomic E-state index is 10.9. The van der Waals surface area contributed by atoms with Crippen LogP contribution in [0.15, 0.2) is 29.6 Å². The van der Waals surface area contributed by atoms with Gasteiger partial charge in [-0.25, -0.2) is 9.97 Å². The Labute approximate surface area is 128 Å². The highest BCUT2D eigenvalue weighted by Crippen LogP contribution is 2.26. The summed E-state index contributed by atoms with van der Waals surface area (Å²) in [6.07, 6.45) is 2.47. The quantitative estimate of drug-likeness (QED) is 0.506. The first-order valence-corrected chi connectivity index (χ1v) is 6.23. The molecule has 21 heavy (non-hydrogen) atoms. The number of nitro groups is 1. The van der Waals surface area contributed by atoms with Crippen LogP contribution in [-0.4, -0.2) is 21.1 Å². The molecule has 0 aliphatic heterocycles. The SMILES string of the molecule is Nc1ncnc(N/N=C/c2ccc(Cl)cc2Cl)c1[N+](=O)[O-]. The summed E-state index contributed by atoms with van der Waals surface area (Å²) in [6.45, 7) is 0. The van der Waals surface area contributed by atoms with Crippen LogP contribution in [-0.2, 0) is 0 Å². The van der Waals surface area contributed by atoms with Crippen LogP contribution < -0.4 is 11.2 Å². The molecule has 1 aromatic carbocycles. The van der Waals surface area contributed by atoms with Gasteiger partial charge in [0.1, 0.15) is 6.33 Å². The average Bonchev–Trinajstić information content (AvgIpc) is 2.41. The van der Waals surface area contributed by atoms with Crippen LogP contribution >= 0.6 is 23.2 Å². The number of rotatable bonds is 4. The minimum atomic E-state index is -0.692. The second kappa shape index (κ2) is 6.33. The number of hydrogen-bond donors (Lipinski definition) is 2. The first kappa shape index (κ1) is 14.9. The monoisotopic (exact) mass is 326 g/mol. The zero-order chi connectivity index (χ0) is 15.4. The van der Waals surface area contributed by atoms with Gasteiger partial charge in [-0.1, -0.05) is 29.3 Å². The number of hydrogen-bond acceptors (Lipinski definition) is 7. The van der Waals surface area contributed by atoms with Crippen molar-refractivity contribution in [2.24, 2.45) is 5.10 Å². The zero-order valence-electron chi connectivity index (χ0n) is 10.3. The van der Waals surface area contributed by atoms with Crippen LogP contribution in [0.1, 0.15) is 5.56 Å². The first-order chi connectivity index (χ1) is 9.99. The van der Waals surface area contributed by atoms with E-state index in [-0.39, 0.29) is 11.6 Å². The predicted molar refractivity (Wildman–Crippen MR) is 80.8 cm³/mol. The van der Waals surface area contributed by atoms with Crippen LogP contribution in [0.4, 0.5) is 17.3 Å². The van der Waals surface area contributed by atoms with Crippen molar-refractivity contribution in [2.75, 3.05) is 11.2 Å². The van der Waals surface area contributed by atoms with E-state index >= 15 is 0 Å². The molecule has 0 saturated carbocycles. The summed E-state index contributed by atoms with van der Waals surface area (Å²) in [4.78, 5) is 17.5. The maximum absolute atomic E-state index is 10.9. The molecule has 10 heteroatoms. The van der Waals surface area contributed by atoms with Gasteiger partial charge < -0.3 is 5.73 Å². The Kier molecular flexibility index (Phi) is 4.51. The van der Waals surface area contributed by atoms with Gasteiger partial charge in [-0.15, -0.1) is 0 Å². The maximum Gasteiger partial charge on any atom is 0.354 e. The Morgan fingerprint density at radius 2 is 2.14 bits per heavy atom. The van der Waals surface area contributed by atoms with Crippen LogP contribution in [0.25, 0.3) is 0 Å². The van der Waals surface area contributed by atoms with E-state index in [1.165, 1.54) is 6.21 Å². The van der Waals surface area contributed by atoms with E-state index in [0.717, 1.165) is 6.33 Å². The molecule has 108 valence electrons. The van der Waals surface area contributed by atoms with Crippen LogP contribution in [0.5, 0.6) is 0 Å². The Balaban J connectivity index is 2.22. The van der Waals surface area contributed by atoms with E-state index in [0.29, 0.717) is 15.6 Å². The molecule has 0 spiro atoms. The van der Waals surface area contributed by atoms with Crippen molar-refractivity contribution in [3.8, 4) is 0 Å². The molecule has 1 heterocycles. The molecule has 0 saturated heterocycles. The second-order valence-electron chi connectivity index (χ2n) is 3.75. The minimum absolute atomic E-state index is 0.117. The molecular weight excluding hydrogens is 319 g/mol. The van der Waals surface area contributed by atoms with Gasteiger partial charge in [-0.2, -0.15) is 5.10 Å². The Bertz CT molecular complexity index is 722. The number of nitrogens with one attached hydrogen (secondary N) is 1. The number of nitrogen functional groups attached to an aromatic ring is 1. The first-order valence-electron chi connectivity index (χ1n) is 5.48. The van der Waals surface area contributed by atoms with Crippen LogP contribution in [0.3, 0.4) is 0 Å². The average molecular weight is 327 g/mol. The van der Waals surface area contributed by atoms with Crippen molar-refractivity contribution in [2.45, 2.75) is 0 Å².